The van der Waals surface area contributed by atoms with Crippen molar-refractivity contribution in [2.24, 2.45) is 0 Å². The van der Waals surface area contributed by atoms with Gasteiger partial charge in [0.15, 0.2) is 0 Å². The van der Waals surface area contributed by atoms with E-state index in [1.54, 1.807) is 19.9 Å². The molecule has 1 aliphatic rings. The number of aliphatic hydroxyl groups is 1. The van der Waals surface area contributed by atoms with Gasteiger partial charge in [0.2, 0.25) is 0 Å². The van der Waals surface area contributed by atoms with Gasteiger partial charge in [-0.3, -0.25) is 14.5 Å². The van der Waals surface area contributed by atoms with Gasteiger partial charge in [0.25, 0.3) is 11.5 Å². The average Bonchev–Trinajstić information content (AvgIpc) is 2.46. The van der Waals surface area contributed by atoms with Gasteiger partial charge in [-0.25, -0.2) is 0 Å². The number of piperidine rings is 1. The predicted molar refractivity (Wildman–Crippen MR) is 85.2 cm³/mol. The lowest BCUT2D eigenvalue weighted by atomic mass is 10.0. The molecule has 0 radical (unpaired) electrons. The van der Waals surface area contributed by atoms with Gasteiger partial charge in [-0.2, -0.15) is 0 Å². The largest absolute Gasteiger partial charge is 0.395 e. The third-order valence-corrected chi connectivity index (χ3v) is 4.24. The second-order valence-electron chi connectivity index (χ2n) is 5.96. The Labute approximate surface area is 130 Å². The van der Waals surface area contributed by atoms with E-state index < -0.39 is 0 Å². The molecule has 1 aromatic heterocycles. The van der Waals surface area contributed by atoms with Gasteiger partial charge >= 0.3 is 0 Å². The van der Waals surface area contributed by atoms with Crippen LogP contribution < -0.4 is 10.9 Å². The topological polar surface area (TPSA) is 85.4 Å². The minimum Gasteiger partial charge on any atom is -0.395 e. The molecule has 0 aliphatic carbocycles. The Morgan fingerprint density at radius 1 is 1.45 bits per heavy atom. The summed E-state index contributed by atoms with van der Waals surface area (Å²) in [5, 5.41) is 12.2. The van der Waals surface area contributed by atoms with Gasteiger partial charge in [-0.05, 0) is 44.9 Å². The lowest BCUT2D eigenvalue weighted by molar-refractivity contribution is 0.0848. The van der Waals surface area contributed by atoms with Gasteiger partial charge < -0.3 is 15.4 Å². The Balaban J connectivity index is 1.92. The third kappa shape index (κ3) is 3.96. The monoisotopic (exact) mass is 307 g/mol. The summed E-state index contributed by atoms with van der Waals surface area (Å²) in [6.07, 6.45) is 3.27. The van der Waals surface area contributed by atoms with Crippen molar-refractivity contribution in [2.75, 3.05) is 26.2 Å². The molecule has 1 amide bonds. The number of hydrogen-bond donors (Lipinski definition) is 3. The molecule has 122 valence electrons. The SMILES string of the molecule is Cc1cc(C)c(C(=O)NCCN2CCCCC2CO)c(=O)[nH]1. The number of pyridine rings is 1. The molecule has 1 atom stereocenters. The van der Waals surface area contributed by atoms with Crippen molar-refractivity contribution in [3.8, 4) is 0 Å². The van der Waals surface area contributed by atoms with Crippen molar-refractivity contribution in [3.05, 3.63) is 33.2 Å². The maximum absolute atomic E-state index is 12.2. The predicted octanol–water partition coefficient (Wildman–Crippen LogP) is 0.568. The lowest BCUT2D eigenvalue weighted by Gasteiger charge is -2.34. The molecule has 1 aliphatic heterocycles. The minimum atomic E-state index is -0.346. The molecular formula is C16H25N3O3. The van der Waals surface area contributed by atoms with E-state index in [0.717, 1.165) is 31.5 Å². The zero-order valence-electron chi connectivity index (χ0n) is 13.3. The zero-order chi connectivity index (χ0) is 16.1. The molecule has 1 aromatic rings. The van der Waals surface area contributed by atoms with Crippen LogP contribution >= 0.6 is 0 Å². The van der Waals surface area contributed by atoms with Crippen molar-refractivity contribution in [3.63, 3.8) is 0 Å². The maximum atomic E-state index is 12.2. The van der Waals surface area contributed by atoms with E-state index in [1.165, 1.54) is 0 Å². The van der Waals surface area contributed by atoms with Crippen molar-refractivity contribution < 1.29 is 9.90 Å². The molecule has 1 fully saturated rings. The number of aromatic amines is 1. The highest BCUT2D eigenvalue weighted by Crippen LogP contribution is 2.15. The second kappa shape index (κ2) is 7.56. The van der Waals surface area contributed by atoms with E-state index in [4.69, 9.17) is 0 Å². The number of rotatable bonds is 5. The molecule has 1 saturated heterocycles. The molecule has 0 aromatic carbocycles. The van der Waals surface area contributed by atoms with Crippen LogP contribution in [0.1, 0.15) is 40.9 Å². The summed E-state index contributed by atoms with van der Waals surface area (Å²) in [7, 11) is 0. The number of hydrogen-bond acceptors (Lipinski definition) is 4. The van der Waals surface area contributed by atoms with Gasteiger partial charge in [-0.1, -0.05) is 6.42 Å². The normalized spacial score (nSPS) is 19.1. The number of aryl methyl sites for hydroxylation is 2. The van der Waals surface area contributed by atoms with E-state index in [2.05, 4.69) is 15.2 Å². The Kier molecular flexibility index (Phi) is 5.74. The number of carbonyl (C=O) groups excluding carboxylic acids is 1. The molecule has 6 heteroatoms. The first-order valence-electron chi connectivity index (χ1n) is 7.86. The number of aliphatic hydroxyl groups excluding tert-OH is 1. The molecule has 1 unspecified atom stereocenters. The number of nitrogens with zero attached hydrogens (tertiary/aromatic N) is 1. The standard InChI is InChI=1S/C16H25N3O3/c1-11-9-12(2)18-16(22)14(11)15(21)17-6-8-19-7-4-3-5-13(19)10-20/h9,13,20H,3-8,10H2,1-2H3,(H,17,21)(H,18,22). The summed E-state index contributed by atoms with van der Waals surface area (Å²) in [6.45, 7) is 5.84. The number of H-pyrrole nitrogens is 1. The van der Waals surface area contributed by atoms with Crippen molar-refractivity contribution >= 4 is 5.91 Å². The Hall–Kier alpha value is -1.66. The molecule has 0 saturated carbocycles. The number of likely N-dealkylation sites (tertiary alicyclic amines) is 1. The zero-order valence-corrected chi connectivity index (χ0v) is 13.3. The quantitative estimate of drug-likeness (QED) is 0.742. The van der Waals surface area contributed by atoms with Crippen LogP contribution in [-0.2, 0) is 0 Å². The molecule has 0 bridgehead atoms. The van der Waals surface area contributed by atoms with Gasteiger partial charge in [0.05, 0.1) is 6.61 Å². The summed E-state index contributed by atoms with van der Waals surface area (Å²) in [6, 6.07) is 1.98. The van der Waals surface area contributed by atoms with Crippen LogP contribution in [0.25, 0.3) is 0 Å². The first-order chi connectivity index (χ1) is 10.5. The fourth-order valence-corrected chi connectivity index (χ4v) is 3.10. The fourth-order valence-electron chi connectivity index (χ4n) is 3.10. The molecule has 0 spiro atoms. The molecule has 3 N–H and O–H groups in total. The van der Waals surface area contributed by atoms with Gasteiger partial charge in [-0.15, -0.1) is 0 Å². The molecule has 6 nitrogen and oxygen atoms in total. The van der Waals surface area contributed by atoms with Crippen LogP contribution in [0.15, 0.2) is 10.9 Å². The minimum absolute atomic E-state index is 0.157. The molecule has 2 heterocycles. The van der Waals surface area contributed by atoms with Gasteiger partial charge in [0.1, 0.15) is 5.56 Å². The number of aromatic nitrogens is 1. The summed E-state index contributed by atoms with van der Waals surface area (Å²) in [5.41, 5.74) is 1.27. The number of nitrogens with one attached hydrogen (secondary N) is 2. The first-order valence-corrected chi connectivity index (χ1v) is 7.86. The van der Waals surface area contributed by atoms with E-state index in [0.29, 0.717) is 18.7 Å². The Morgan fingerprint density at radius 3 is 2.91 bits per heavy atom. The fraction of sp³-hybridized carbons (Fsp3) is 0.625. The van der Waals surface area contributed by atoms with E-state index in [-0.39, 0.29) is 29.7 Å². The first kappa shape index (κ1) is 16.7. The summed E-state index contributed by atoms with van der Waals surface area (Å²) in [5.74, 6) is -0.337. The Bertz CT molecular complexity index is 582. The van der Waals surface area contributed by atoms with Crippen LogP contribution in [0, 0.1) is 13.8 Å². The van der Waals surface area contributed by atoms with Crippen LogP contribution in [0.5, 0.6) is 0 Å². The van der Waals surface area contributed by atoms with E-state index >= 15 is 0 Å². The van der Waals surface area contributed by atoms with Crippen molar-refractivity contribution in [1.29, 1.82) is 0 Å². The molecule has 22 heavy (non-hydrogen) atoms. The number of amides is 1. The summed E-state index contributed by atoms with van der Waals surface area (Å²) in [4.78, 5) is 29.0. The smallest absolute Gasteiger partial charge is 0.261 e. The molecular weight excluding hydrogens is 282 g/mol. The third-order valence-electron chi connectivity index (χ3n) is 4.24. The summed E-state index contributed by atoms with van der Waals surface area (Å²) < 4.78 is 0. The highest BCUT2D eigenvalue weighted by Gasteiger charge is 2.21. The van der Waals surface area contributed by atoms with E-state index in [1.807, 2.05) is 0 Å². The second-order valence-corrected chi connectivity index (χ2v) is 5.96. The highest BCUT2D eigenvalue weighted by molar-refractivity contribution is 5.95. The maximum Gasteiger partial charge on any atom is 0.261 e. The van der Waals surface area contributed by atoms with Crippen LogP contribution in [-0.4, -0.2) is 53.2 Å². The lowest BCUT2D eigenvalue weighted by Crippen LogP contribution is -2.45. The average molecular weight is 307 g/mol. The molecule has 2 rings (SSSR count). The summed E-state index contributed by atoms with van der Waals surface area (Å²) >= 11 is 0. The van der Waals surface area contributed by atoms with E-state index in [9.17, 15) is 14.7 Å². The number of carbonyl (C=O) groups is 1. The van der Waals surface area contributed by atoms with Gasteiger partial charge in [0, 0.05) is 24.8 Å². The van der Waals surface area contributed by atoms with Crippen LogP contribution in [0.3, 0.4) is 0 Å². The van der Waals surface area contributed by atoms with Crippen LogP contribution in [0.4, 0.5) is 0 Å². The van der Waals surface area contributed by atoms with Crippen molar-refractivity contribution in [2.45, 2.75) is 39.2 Å². The Morgan fingerprint density at radius 2 is 2.23 bits per heavy atom. The van der Waals surface area contributed by atoms with Crippen molar-refractivity contribution in [1.82, 2.24) is 15.2 Å². The highest BCUT2D eigenvalue weighted by atomic mass is 16.3. The van der Waals surface area contributed by atoms with Crippen LogP contribution in [0.2, 0.25) is 0 Å².